The summed E-state index contributed by atoms with van der Waals surface area (Å²) in [6.45, 7) is 10.7. The average molecular weight is 592 g/mol. The normalized spacial score (nSPS) is 14.1. The molecule has 1 heterocycles. The van der Waals surface area contributed by atoms with Crippen molar-refractivity contribution in [2.24, 2.45) is 15.3 Å². The molecule has 0 bridgehead atoms. The van der Waals surface area contributed by atoms with E-state index in [0.29, 0.717) is 6.61 Å². The zero-order valence-corrected chi connectivity index (χ0v) is 23.7. The number of hydrogen-bond acceptors (Lipinski definition) is 14. The zero-order valence-electron chi connectivity index (χ0n) is 23.7. The van der Waals surface area contributed by atoms with Gasteiger partial charge >= 0.3 is 0 Å². The van der Waals surface area contributed by atoms with E-state index in [1.165, 1.54) is 20.8 Å². The van der Waals surface area contributed by atoms with Gasteiger partial charge in [0.2, 0.25) is 23.6 Å². The highest BCUT2D eigenvalue weighted by atomic mass is 17.4. The molecule has 3 unspecified atom stereocenters. The van der Waals surface area contributed by atoms with Crippen LogP contribution in [0.3, 0.4) is 0 Å². The maximum absolute atomic E-state index is 10.8. The van der Waals surface area contributed by atoms with E-state index in [9.17, 15) is 19.2 Å². The summed E-state index contributed by atoms with van der Waals surface area (Å²) in [4.78, 5) is 58.2. The zero-order chi connectivity index (χ0) is 32.3. The largest absolute Gasteiger partial charge is 0.371 e. The molecule has 1 saturated heterocycles. The van der Waals surface area contributed by atoms with Gasteiger partial charge in [-0.05, 0) is 58.1 Å². The molecule has 0 spiro atoms. The molecule has 41 heavy (non-hydrogen) atoms. The molecule has 0 aromatic carbocycles. The smallest absolute Gasteiger partial charge is 0.228 e. The SMILES string of the molecule is CC(=O)C(C)OCCN=[N+]=[N-].CC(OCCN=[N+]=[N-])C(=O)C(O)O.CC(OCCN=[N+]=[N-])C(=O)C=O.CC1(C)OO1. The number of Topliss-reactive ketones (excluding diaryl/α,β-unsaturated/α-hetero) is 3. The van der Waals surface area contributed by atoms with Crippen molar-refractivity contribution >= 4 is 23.6 Å². The van der Waals surface area contributed by atoms with Crippen molar-refractivity contribution in [3.63, 3.8) is 0 Å². The van der Waals surface area contributed by atoms with Gasteiger partial charge in [0.25, 0.3) is 0 Å². The Hall–Kier alpha value is -3.67. The summed E-state index contributed by atoms with van der Waals surface area (Å²) in [5.41, 5.74) is 23.6. The number of azide groups is 3. The highest BCUT2D eigenvalue weighted by Crippen LogP contribution is 2.26. The van der Waals surface area contributed by atoms with Crippen LogP contribution in [0.25, 0.3) is 31.3 Å². The molecule has 1 aliphatic rings. The molecule has 3 atom stereocenters. The second kappa shape index (κ2) is 26.5. The monoisotopic (exact) mass is 591 g/mol. The molecule has 232 valence electrons. The van der Waals surface area contributed by atoms with Crippen molar-refractivity contribution in [1.29, 1.82) is 0 Å². The Kier molecular flexibility index (Phi) is 27.1. The van der Waals surface area contributed by atoms with Crippen LogP contribution in [0.5, 0.6) is 0 Å². The van der Waals surface area contributed by atoms with Gasteiger partial charge in [0.15, 0.2) is 12.1 Å². The van der Waals surface area contributed by atoms with E-state index in [2.05, 4.69) is 39.9 Å². The van der Waals surface area contributed by atoms with Gasteiger partial charge in [-0.3, -0.25) is 19.2 Å². The minimum Gasteiger partial charge on any atom is -0.371 e. The fourth-order valence-corrected chi connectivity index (χ4v) is 1.62. The van der Waals surface area contributed by atoms with Crippen LogP contribution in [0.15, 0.2) is 15.3 Å². The number of ether oxygens (including phenoxy) is 3. The van der Waals surface area contributed by atoms with Gasteiger partial charge in [0.05, 0.1) is 19.8 Å². The highest BCUT2D eigenvalue weighted by Gasteiger charge is 2.36. The number of aliphatic hydroxyl groups excluding tert-OH is 1. The molecule has 20 heteroatoms. The summed E-state index contributed by atoms with van der Waals surface area (Å²) >= 11 is 0. The highest BCUT2D eigenvalue weighted by molar-refractivity contribution is 6.26. The van der Waals surface area contributed by atoms with Crippen molar-refractivity contribution in [1.82, 2.24) is 0 Å². The first kappa shape index (κ1) is 41.8. The summed E-state index contributed by atoms with van der Waals surface area (Å²) in [5, 5.41) is 26.5. The van der Waals surface area contributed by atoms with Gasteiger partial charge in [-0.2, -0.15) is 9.78 Å². The van der Waals surface area contributed by atoms with Crippen LogP contribution < -0.4 is 0 Å². The van der Waals surface area contributed by atoms with Crippen molar-refractivity contribution in [2.45, 2.75) is 71.9 Å². The fraction of sp³-hybridized carbons (Fsp3) is 0.810. The molecule has 1 fully saturated rings. The standard InChI is InChI=1S/C6H11N3O4.C6H9N3O3.C6H11N3O2.C3H6O2/c1-4(5(10)6(11)12)13-3-2-8-9-7;1-5(6(11)4-10)12-3-2-8-9-7;1-5(10)6(2)11-4-3-8-9-7;1-3(2)4-5-3/h4,6,11-12H,2-3H2,1H3;4-5H,2-3H2,1H3;6H,3-4H2,1-2H3;1-2H3. The molecule has 1 aliphatic heterocycles. The number of nitrogens with zero attached hydrogens (tertiary/aromatic N) is 9. The van der Waals surface area contributed by atoms with Crippen LogP contribution in [0.2, 0.25) is 0 Å². The predicted molar refractivity (Wildman–Crippen MR) is 140 cm³/mol. The first-order valence-corrected chi connectivity index (χ1v) is 11.8. The van der Waals surface area contributed by atoms with E-state index in [1.807, 2.05) is 13.8 Å². The molecule has 0 saturated carbocycles. The molecule has 0 radical (unpaired) electrons. The van der Waals surface area contributed by atoms with Crippen LogP contribution in [-0.4, -0.2) is 104 Å². The van der Waals surface area contributed by atoms with Gasteiger partial charge in [-0.25, -0.2) is 0 Å². The third-order valence-corrected chi connectivity index (χ3v) is 4.03. The van der Waals surface area contributed by atoms with E-state index in [0.717, 1.165) is 0 Å². The van der Waals surface area contributed by atoms with E-state index in [4.69, 9.17) is 41.0 Å². The Bertz CT molecular complexity index is 924. The summed E-state index contributed by atoms with van der Waals surface area (Å²) in [5.74, 6) is -1.71. The van der Waals surface area contributed by atoms with Gasteiger partial charge in [0.1, 0.15) is 18.3 Å². The lowest BCUT2D eigenvalue weighted by Gasteiger charge is -2.11. The summed E-state index contributed by atoms with van der Waals surface area (Å²) in [6.07, 6.45) is -3.87. The Balaban J connectivity index is -0.000000486. The Morgan fingerprint density at radius 1 is 0.805 bits per heavy atom. The minimum atomic E-state index is -2.02. The number of carbonyl (C=O) groups is 4. The second-order valence-electron chi connectivity index (χ2n) is 7.88. The van der Waals surface area contributed by atoms with Gasteiger partial charge in [-0.15, -0.1) is 0 Å². The number of aliphatic hydroxyl groups is 2. The lowest BCUT2D eigenvalue weighted by atomic mass is 10.2. The number of rotatable bonds is 17. The van der Waals surface area contributed by atoms with Crippen molar-refractivity contribution in [3.8, 4) is 0 Å². The Morgan fingerprint density at radius 2 is 1.15 bits per heavy atom. The third kappa shape index (κ3) is 30.7. The molecule has 0 aromatic heterocycles. The lowest BCUT2D eigenvalue weighted by molar-refractivity contribution is -0.155. The van der Waals surface area contributed by atoms with E-state index < -0.39 is 36.2 Å². The fourth-order valence-electron chi connectivity index (χ4n) is 1.62. The first-order valence-electron chi connectivity index (χ1n) is 11.8. The number of ketones is 3. The topological polar surface area (TPSA) is 308 Å². The van der Waals surface area contributed by atoms with Crippen LogP contribution in [0, 0.1) is 0 Å². The van der Waals surface area contributed by atoms with Crippen LogP contribution in [0.4, 0.5) is 0 Å². The maximum atomic E-state index is 10.8. The molecule has 0 aromatic rings. The number of aldehydes is 1. The van der Waals surface area contributed by atoms with Crippen molar-refractivity contribution in [3.05, 3.63) is 31.3 Å². The summed E-state index contributed by atoms with van der Waals surface area (Å²) in [6, 6.07) is 0. The van der Waals surface area contributed by atoms with Crippen LogP contribution in [-0.2, 0) is 43.2 Å². The molecular formula is C21H37N9O11. The lowest BCUT2D eigenvalue weighted by Crippen LogP contribution is -2.32. The van der Waals surface area contributed by atoms with Gasteiger partial charge in [-0.1, -0.05) is 15.3 Å². The second-order valence-corrected chi connectivity index (χ2v) is 7.88. The first-order chi connectivity index (χ1) is 19.2. The van der Waals surface area contributed by atoms with Crippen molar-refractivity contribution in [2.75, 3.05) is 39.5 Å². The molecule has 0 aliphatic carbocycles. The Morgan fingerprint density at radius 3 is 1.41 bits per heavy atom. The number of carbonyl (C=O) groups excluding carboxylic acids is 4. The van der Waals surface area contributed by atoms with E-state index in [-0.39, 0.29) is 50.7 Å². The average Bonchev–Trinajstić information content (AvgIpc) is 3.64. The third-order valence-electron chi connectivity index (χ3n) is 4.03. The molecular weight excluding hydrogens is 554 g/mol. The van der Waals surface area contributed by atoms with E-state index in [1.54, 1.807) is 6.92 Å². The summed E-state index contributed by atoms with van der Waals surface area (Å²) < 4.78 is 14.7. The quantitative estimate of drug-likeness (QED) is 0.0283. The predicted octanol–water partition coefficient (Wildman–Crippen LogP) is 2.03. The Labute approximate surface area is 235 Å². The maximum Gasteiger partial charge on any atom is 0.228 e. The minimum absolute atomic E-state index is 0.0223. The van der Waals surface area contributed by atoms with Crippen LogP contribution >= 0.6 is 0 Å². The summed E-state index contributed by atoms with van der Waals surface area (Å²) in [7, 11) is 0. The number of hydrogen-bond donors (Lipinski definition) is 2. The van der Waals surface area contributed by atoms with E-state index >= 15 is 0 Å². The molecule has 0 amide bonds. The van der Waals surface area contributed by atoms with Gasteiger partial charge in [0, 0.05) is 34.4 Å². The molecule has 2 N–H and O–H groups in total. The van der Waals surface area contributed by atoms with Crippen LogP contribution in [0.1, 0.15) is 41.5 Å². The van der Waals surface area contributed by atoms with Gasteiger partial charge < -0.3 is 24.4 Å². The van der Waals surface area contributed by atoms with Crippen molar-refractivity contribution < 1.29 is 53.4 Å². The molecule has 1 rings (SSSR count). The molecule has 20 nitrogen and oxygen atoms in total.